The zero-order valence-corrected chi connectivity index (χ0v) is 11.7. The van der Waals surface area contributed by atoms with Gasteiger partial charge in [0, 0.05) is 13.6 Å². The van der Waals surface area contributed by atoms with Crippen molar-refractivity contribution in [2.24, 2.45) is 5.73 Å². The lowest BCUT2D eigenvalue weighted by molar-refractivity contribution is -0.137. The molecule has 5 nitrogen and oxygen atoms in total. The second kappa shape index (κ2) is 9.30. The Hall–Kier alpha value is -0.750. The van der Waals surface area contributed by atoms with Crippen LogP contribution in [-0.4, -0.2) is 54.9 Å². The van der Waals surface area contributed by atoms with Gasteiger partial charge in [-0.1, -0.05) is 6.92 Å². The Bertz CT molecular complexity index is 249. The summed E-state index contributed by atoms with van der Waals surface area (Å²) in [5.74, 6) is 0.556. The molecule has 0 aromatic carbocycles. The number of hydrogen-bond donors (Lipinski definition) is 2. The van der Waals surface area contributed by atoms with E-state index in [-0.39, 0.29) is 18.4 Å². The Kier molecular flexibility index (Phi) is 8.89. The maximum absolute atomic E-state index is 12.0. The van der Waals surface area contributed by atoms with Gasteiger partial charge in [-0.25, -0.2) is 0 Å². The van der Waals surface area contributed by atoms with Crippen LogP contribution in [0.1, 0.15) is 19.8 Å². The first kappa shape index (κ1) is 16.2. The van der Waals surface area contributed by atoms with Gasteiger partial charge in [-0.2, -0.15) is 11.8 Å². The van der Waals surface area contributed by atoms with Gasteiger partial charge in [0.2, 0.25) is 11.8 Å². The first-order valence-corrected chi connectivity index (χ1v) is 7.20. The van der Waals surface area contributed by atoms with Crippen molar-refractivity contribution in [3.05, 3.63) is 0 Å². The second-order valence-electron chi connectivity index (χ2n) is 3.82. The SMILES string of the molecule is CCCN(CC(=O)NC)C(=O)[C@@H](N)CCSC. The first-order chi connectivity index (χ1) is 8.06. The van der Waals surface area contributed by atoms with Gasteiger partial charge in [0.25, 0.3) is 0 Å². The van der Waals surface area contributed by atoms with Gasteiger partial charge in [0.15, 0.2) is 0 Å². The van der Waals surface area contributed by atoms with Crippen LogP contribution >= 0.6 is 11.8 Å². The fraction of sp³-hybridized carbons (Fsp3) is 0.818. The number of nitrogens with one attached hydrogen (secondary N) is 1. The number of carbonyl (C=O) groups is 2. The summed E-state index contributed by atoms with van der Waals surface area (Å²) >= 11 is 1.66. The van der Waals surface area contributed by atoms with Gasteiger partial charge in [0.1, 0.15) is 0 Å². The lowest BCUT2D eigenvalue weighted by Crippen LogP contribution is -2.48. The van der Waals surface area contributed by atoms with E-state index in [0.29, 0.717) is 13.0 Å². The van der Waals surface area contributed by atoms with E-state index in [4.69, 9.17) is 5.73 Å². The van der Waals surface area contributed by atoms with Crippen LogP contribution in [-0.2, 0) is 9.59 Å². The normalized spacial score (nSPS) is 12.0. The molecule has 1 atom stereocenters. The molecule has 0 aromatic heterocycles. The molecule has 0 aliphatic rings. The third-order valence-corrected chi connectivity index (χ3v) is 3.01. The van der Waals surface area contributed by atoms with Gasteiger partial charge in [-0.05, 0) is 24.9 Å². The van der Waals surface area contributed by atoms with E-state index in [1.54, 1.807) is 18.8 Å². The van der Waals surface area contributed by atoms with Gasteiger partial charge in [-0.3, -0.25) is 9.59 Å². The molecule has 6 heteroatoms. The van der Waals surface area contributed by atoms with Crippen LogP contribution in [0, 0.1) is 0 Å². The Morgan fingerprint density at radius 1 is 1.47 bits per heavy atom. The first-order valence-electron chi connectivity index (χ1n) is 5.80. The summed E-state index contributed by atoms with van der Waals surface area (Å²) in [7, 11) is 1.56. The summed E-state index contributed by atoms with van der Waals surface area (Å²) in [6, 6.07) is -0.501. The summed E-state index contributed by atoms with van der Waals surface area (Å²) in [5.41, 5.74) is 5.82. The van der Waals surface area contributed by atoms with Crippen molar-refractivity contribution in [1.29, 1.82) is 0 Å². The number of likely N-dealkylation sites (N-methyl/N-ethyl adjacent to an activating group) is 1. The van der Waals surface area contributed by atoms with Crippen molar-refractivity contribution in [2.75, 3.05) is 32.1 Å². The molecule has 0 aliphatic heterocycles. The third-order valence-electron chi connectivity index (χ3n) is 2.37. The highest BCUT2D eigenvalue weighted by Crippen LogP contribution is 2.03. The standard InChI is InChI=1S/C11H23N3O2S/c1-4-6-14(8-10(15)13-2)11(16)9(12)5-7-17-3/h9H,4-8,12H2,1-3H3,(H,13,15)/t9-/m0/s1. The highest BCUT2D eigenvalue weighted by molar-refractivity contribution is 7.98. The van der Waals surface area contributed by atoms with E-state index in [0.717, 1.165) is 12.2 Å². The Morgan fingerprint density at radius 2 is 2.12 bits per heavy atom. The number of thioether (sulfide) groups is 1. The molecule has 0 heterocycles. The van der Waals surface area contributed by atoms with Crippen LogP contribution in [0.15, 0.2) is 0 Å². The molecule has 0 rings (SSSR count). The second-order valence-corrected chi connectivity index (χ2v) is 4.81. The zero-order valence-electron chi connectivity index (χ0n) is 10.9. The molecule has 0 saturated heterocycles. The number of nitrogens with zero attached hydrogens (tertiary/aromatic N) is 1. The van der Waals surface area contributed by atoms with Crippen molar-refractivity contribution < 1.29 is 9.59 Å². The number of rotatable bonds is 8. The monoisotopic (exact) mass is 261 g/mol. The zero-order chi connectivity index (χ0) is 13.3. The topological polar surface area (TPSA) is 75.4 Å². The van der Waals surface area contributed by atoms with Crippen molar-refractivity contribution in [2.45, 2.75) is 25.8 Å². The summed E-state index contributed by atoms with van der Waals surface area (Å²) in [6.07, 6.45) is 3.44. The summed E-state index contributed by atoms with van der Waals surface area (Å²) < 4.78 is 0. The highest BCUT2D eigenvalue weighted by Gasteiger charge is 2.21. The quantitative estimate of drug-likeness (QED) is 0.647. The van der Waals surface area contributed by atoms with Crippen LogP contribution < -0.4 is 11.1 Å². The van der Waals surface area contributed by atoms with Crippen LogP contribution in [0.25, 0.3) is 0 Å². The molecule has 0 aromatic rings. The van der Waals surface area contributed by atoms with Gasteiger partial charge in [0.05, 0.1) is 12.6 Å². The number of carbonyl (C=O) groups excluding carboxylic acids is 2. The molecule has 0 fully saturated rings. The van der Waals surface area contributed by atoms with E-state index < -0.39 is 6.04 Å². The number of amides is 2. The molecule has 3 N–H and O–H groups in total. The molecule has 0 unspecified atom stereocenters. The Labute approximate surface area is 107 Å². The van der Waals surface area contributed by atoms with E-state index in [2.05, 4.69) is 5.32 Å². The van der Waals surface area contributed by atoms with Crippen LogP contribution in [0.2, 0.25) is 0 Å². The number of nitrogens with two attached hydrogens (primary N) is 1. The molecule has 0 aliphatic carbocycles. The molecular weight excluding hydrogens is 238 g/mol. The predicted octanol–water partition coefficient (Wildman–Crippen LogP) is 0.0514. The van der Waals surface area contributed by atoms with E-state index in [1.165, 1.54) is 4.90 Å². The van der Waals surface area contributed by atoms with Crippen LogP contribution in [0.3, 0.4) is 0 Å². The minimum Gasteiger partial charge on any atom is -0.358 e. The van der Waals surface area contributed by atoms with E-state index in [9.17, 15) is 9.59 Å². The molecule has 2 amide bonds. The smallest absolute Gasteiger partial charge is 0.239 e. The minimum atomic E-state index is -0.501. The summed E-state index contributed by atoms with van der Waals surface area (Å²) in [6.45, 7) is 2.63. The van der Waals surface area contributed by atoms with Crippen molar-refractivity contribution in [1.82, 2.24) is 10.2 Å². The molecule has 17 heavy (non-hydrogen) atoms. The van der Waals surface area contributed by atoms with Gasteiger partial charge < -0.3 is 16.0 Å². The maximum atomic E-state index is 12.0. The highest BCUT2D eigenvalue weighted by atomic mass is 32.2. The largest absolute Gasteiger partial charge is 0.358 e. The summed E-state index contributed by atoms with van der Waals surface area (Å²) in [4.78, 5) is 24.8. The molecule has 0 saturated carbocycles. The van der Waals surface area contributed by atoms with Gasteiger partial charge >= 0.3 is 0 Å². The van der Waals surface area contributed by atoms with Crippen molar-refractivity contribution in [3.63, 3.8) is 0 Å². The predicted molar refractivity (Wildman–Crippen MR) is 71.9 cm³/mol. The van der Waals surface area contributed by atoms with Crippen molar-refractivity contribution >= 4 is 23.6 Å². The molecule has 0 radical (unpaired) electrons. The lowest BCUT2D eigenvalue weighted by atomic mass is 10.2. The maximum Gasteiger partial charge on any atom is 0.239 e. The molecule has 0 bridgehead atoms. The molecule has 100 valence electrons. The van der Waals surface area contributed by atoms with E-state index in [1.807, 2.05) is 13.2 Å². The third kappa shape index (κ3) is 6.53. The van der Waals surface area contributed by atoms with Gasteiger partial charge in [-0.15, -0.1) is 0 Å². The number of hydrogen-bond acceptors (Lipinski definition) is 4. The van der Waals surface area contributed by atoms with E-state index >= 15 is 0 Å². The Morgan fingerprint density at radius 3 is 2.59 bits per heavy atom. The average molecular weight is 261 g/mol. The lowest BCUT2D eigenvalue weighted by Gasteiger charge is -2.24. The average Bonchev–Trinajstić information content (AvgIpc) is 2.34. The van der Waals surface area contributed by atoms with Crippen LogP contribution in [0.4, 0.5) is 0 Å². The fourth-order valence-electron chi connectivity index (χ4n) is 1.39. The molecule has 0 spiro atoms. The summed E-state index contributed by atoms with van der Waals surface area (Å²) in [5, 5.41) is 2.51. The van der Waals surface area contributed by atoms with Crippen molar-refractivity contribution in [3.8, 4) is 0 Å². The van der Waals surface area contributed by atoms with Crippen LogP contribution in [0.5, 0.6) is 0 Å². The minimum absolute atomic E-state index is 0.0934. The Balaban J connectivity index is 4.36. The fourth-order valence-corrected chi connectivity index (χ4v) is 1.88. The molecular formula is C11H23N3O2S.